The molecule has 0 radical (unpaired) electrons. The summed E-state index contributed by atoms with van der Waals surface area (Å²) in [5.74, 6) is -0.547. The lowest BCUT2D eigenvalue weighted by atomic mass is 10.1. The van der Waals surface area contributed by atoms with Gasteiger partial charge in [0, 0.05) is 26.9 Å². The van der Waals surface area contributed by atoms with E-state index in [2.05, 4.69) is 20.5 Å². The molecule has 3 aromatic rings. The molecule has 0 atom stereocenters. The largest absolute Gasteiger partial charge is 0.435 e. The summed E-state index contributed by atoms with van der Waals surface area (Å²) in [4.78, 5) is 16.5. The third-order valence-corrected chi connectivity index (χ3v) is 5.95. The van der Waals surface area contributed by atoms with Gasteiger partial charge in [-0.1, -0.05) is 35.7 Å². The van der Waals surface area contributed by atoms with Crippen molar-refractivity contribution in [2.24, 2.45) is 0 Å². The zero-order chi connectivity index (χ0) is 22.9. The van der Waals surface area contributed by atoms with Gasteiger partial charge in [0.2, 0.25) is 11.9 Å². The highest BCUT2D eigenvalue weighted by molar-refractivity contribution is 6.35. The van der Waals surface area contributed by atoms with Crippen LogP contribution in [0.15, 0.2) is 24.5 Å². The van der Waals surface area contributed by atoms with Gasteiger partial charge in [-0.3, -0.25) is 14.8 Å². The molecule has 0 saturated carbocycles. The standard InChI is InChI=1S/C20H19Cl2F3N6O/c21-14-6-4-7-15(22)13(14)9-30-11-26-19(29-30)27-17(32)10-31-16-8-3-1-2-5-12(16)18(28-31)20(23,24)25/h4,6-7,11H,1-3,5,8-10H2,(H,27,29,32). The minimum absolute atomic E-state index is 0.0208. The summed E-state index contributed by atoms with van der Waals surface area (Å²) in [6.45, 7) is -0.119. The molecule has 0 spiro atoms. The van der Waals surface area contributed by atoms with Crippen molar-refractivity contribution < 1.29 is 18.0 Å². The van der Waals surface area contributed by atoms with Crippen molar-refractivity contribution in [3.05, 3.63) is 57.1 Å². The number of amides is 1. The first-order valence-electron chi connectivity index (χ1n) is 10.0. The van der Waals surface area contributed by atoms with E-state index in [1.165, 1.54) is 11.0 Å². The molecule has 1 N–H and O–H groups in total. The van der Waals surface area contributed by atoms with Crippen LogP contribution in [0.1, 0.15) is 41.8 Å². The van der Waals surface area contributed by atoms with Crippen molar-refractivity contribution in [2.45, 2.75) is 51.4 Å². The number of fused-ring (bicyclic) bond motifs is 1. The van der Waals surface area contributed by atoms with Crippen molar-refractivity contribution in [2.75, 3.05) is 5.32 Å². The monoisotopic (exact) mass is 486 g/mol. The van der Waals surface area contributed by atoms with Crippen LogP contribution in [-0.4, -0.2) is 30.5 Å². The van der Waals surface area contributed by atoms with Gasteiger partial charge in [0.25, 0.3) is 0 Å². The van der Waals surface area contributed by atoms with E-state index < -0.39 is 17.8 Å². The van der Waals surface area contributed by atoms with Gasteiger partial charge in [0.1, 0.15) is 12.9 Å². The average Bonchev–Trinajstić information content (AvgIpc) is 3.20. The van der Waals surface area contributed by atoms with Gasteiger partial charge in [-0.15, -0.1) is 5.10 Å². The summed E-state index contributed by atoms with van der Waals surface area (Å²) in [5, 5.41) is 11.3. The molecule has 7 nitrogen and oxygen atoms in total. The van der Waals surface area contributed by atoms with Crippen LogP contribution in [0.4, 0.5) is 19.1 Å². The normalized spacial score (nSPS) is 14.2. The summed E-state index contributed by atoms with van der Waals surface area (Å²) in [7, 11) is 0. The van der Waals surface area contributed by atoms with Crippen LogP contribution >= 0.6 is 23.2 Å². The molecule has 1 aliphatic carbocycles. The second kappa shape index (κ2) is 9.11. The Morgan fingerprint density at radius 1 is 1.09 bits per heavy atom. The van der Waals surface area contributed by atoms with Crippen molar-refractivity contribution in [1.82, 2.24) is 24.5 Å². The van der Waals surface area contributed by atoms with Crippen LogP contribution in [0.2, 0.25) is 10.0 Å². The van der Waals surface area contributed by atoms with E-state index in [0.717, 1.165) is 17.5 Å². The predicted molar refractivity (Wildman–Crippen MR) is 113 cm³/mol. The number of carbonyl (C=O) groups excluding carboxylic acids is 1. The lowest BCUT2D eigenvalue weighted by Gasteiger charge is -2.07. The van der Waals surface area contributed by atoms with Gasteiger partial charge in [0.15, 0.2) is 5.69 Å². The number of anilines is 1. The first-order chi connectivity index (χ1) is 15.2. The second-order valence-corrected chi connectivity index (χ2v) is 8.32. The Morgan fingerprint density at radius 3 is 2.53 bits per heavy atom. The lowest BCUT2D eigenvalue weighted by molar-refractivity contribution is -0.142. The van der Waals surface area contributed by atoms with Gasteiger partial charge in [-0.05, 0) is 37.8 Å². The fourth-order valence-electron chi connectivity index (χ4n) is 3.78. The molecule has 0 unspecified atom stereocenters. The third-order valence-electron chi connectivity index (χ3n) is 5.24. The van der Waals surface area contributed by atoms with Crippen molar-refractivity contribution in [3.63, 3.8) is 0 Å². The van der Waals surface area contributed by atoms with Crippen LogP contribution in [0, 0.1) is 0 Å². The van der Waals surface area contributed by atoms with Crippen molar-refractivity contribution >= 4 is 35.1 Å². The number of nitrogens with zero attached hydrogens (tertiary/aromatic N) is 5. The molecule has 0 saturated heterocycles. The Labute approximate surface area is 191 Å². The van der Waals surface area contributed by atoms with E-state index in [-0.39, 0.29) is 24.6 Å². The molecule has 1 aliphatic rings. The molecule has 12 heteroatoms. The first kappa shape index (κ1) is 22.6. The van der Waals surface area contributed by atoms with E-state index in [4.69, 9.17) is 23.2 Å². The quantitative estimate of drug-likeness (QED) is 0.527. The van der Waals surface area contributed by atoms with Gasteiger partial charge in [-0.2, -0.15) is 18.3 Å². The Bertz CT molecular complexity index is 1120. The van der Waals surface area contributed by atoms with Crippen LogP contribution < -0.4 is 5.32 Å². The number of alkyl halides is 3. The maximum Gasteiger partial charge on any atom is 0.435 e. The van der Waals surface area contributed by atoms with Crippen LogP contribution in [-0.2, 0) is 36.9 Å². The topological polar surface area (TPSA) is 77.6 Å². The lowest BCUT2D eigenvalue weighted by Crippen LogP contribution is -2.22. The van der Waals surface area contributed by atoms with Crippen LogP contribution in [0.5, 0.6) is 0 Å². The van der Waals surface area contributed by atoms with Crippen LogP contribution in [0.3, 0.4) is 0 Å². The minimum Gasteiger partial charge on any atom is -0.292 e. The number of hydrogen-bond donors (Lipinski definition) is 1. The summed E-state index contributed by atoms with van der Waals surface area (Å²) in [6.07, 6.45) is -0.124. The highest BCUT2D eigenvalue weighted by Gasteiger charge is 2.39. The summed E-state index contributed by atoms with van der Waals surface area (Å²) >= 11 is 12.3. The molecule has 2 heterocycles. The molecular formula is C20H19Cl2F3N6O. The molecule has 1 amide bonds. The first-order valence-corrected chi connectivity index (χ1v) is 10.8. The fraction of sp³-hybridized carbons (Fsp3) is 0.400. The maximum absolute atomic E-state index is 13.4. The van der Waals surface area contributed by atoms with Crippen molar-refractivity contribution in [1.29, 1.82) is 0 Å². The Morgan fingerprint density at radius 2 is 1.81 bits per heavy atom. The molecule has 4 rings (SSSR count). The fourth-order valence-corrected chi connectivity index (χ4v) is 4.30. The van der Waals surface area contributed by atoms with Gasteiger partial charge in [-0.25, -0.2) is 9.67 Å². The predicted octanol–water partition coefficient (Wildman–Crippen LogP) is 4.76. The van der Waals surface area contributed by atoms with Gasteiger partial charge < -0.3 is 0 Å². The number of aromatic nitrogens is 5. The Balaban J connectivity index is 1.48. The molecular weight excluding hydrogens is 468 g/mol. The van der Waals surface area contributed by atoms with Gasteiger partial charge >= 0.3 is 6.18 Å². The molecule has 0 aliphatic heterocycles. The molecule has 2 aromatic heterocycles. The highest BCUT2D eigenvalue weighted by Crippen LogP contribution is 2.35. The maximum atomic E-state index is 13.4. The number of hydrogen-bond acceptors (Lipinski definition) is 4. The number of benzene rings is 1. The number of nitrogens with one attached hydrogen (secondary N) is 1. The average molecular weight is 487 g/mol. The van der Waals surface area contributed by atoms with E-state index in [1.807, 2.05) is 0 Å². The smallest absolute Gasteiger partial charge is 0.292 e. The molecule has 1 aromatic carbocycles. The number of rotatable bonds is 5. The SMILES string of the molecule is O=C(Cn1nc(C(F)(F)F)c2c1CCCCC2)Nc1ncn(Cc2c(Cl)cccc2Cl)n1. The van der Waals surface area contributed by atoms with E-state index in [0.29, 0.717) is 40.6 Å². The van der Waals surface area contributed by atoms with Gasteiger partial charge in [0.05, 0.1) is 6.54 Å². The molecule has 0 fully saturated rings. The number of carbonyl (C=O) groups is 1. The number of halogens is 5. The minimum atomic E-state index is -4.56. The van der Waals surface area contributed by atoms with E-state index in [9.17, 15) is 18.0 Å². The highest BCUT2D eigenvalue weighted by atomic mass is 35.5. The molecule has 0 bridgehead atoms. The van der Waals surface area contributed by atoms with Crippen LogP contribution in [0.25, 0.3) is 0 Å². The summed E-state index contributed by atoms with van der Waals surface area (Å²) in [6, 6.07) is 5.12. The summed E-state index contributed by atoms with van der Waals surface area (Å²) < 4.78 is 42.9. The van der Waals surface area contributed by atoms with E-state index >= 15 is 0 Å². The molecule has 170 valence electrons. The zero-order valence-corrected chi connectivity index (χ0v) is 18.3. The third kappa shape index (κ3) is 4.91. The Kier molecular flexibility index (Phi) is 6.43. The van der Waals surface area contributed by atoms with E-state index in [1.54, 1.807) is 18.2 Å². The zero-order valence-electron chi connectivity index (χ0n) is 16.8. The summed E-state index contributed by atoms with van der Waals surface area (Å²) in [5.41, 5.74) is 0.414. The van der Waals surface area contributed by atoms with Crippen molar-refractivity contribution in [3.8, 4) is 0 Å². The second-order valence-electron chi connectivity index (χ2n) is 7.50. The Hall–Kier alpha value is -2.59. The molecule has 32 heavy (non-hydrogen) atoms.